The molecule has 0 heterocycles. The van der Waals surface area contributed by atoms with Crippen molar-refractivity contribution in [1.29, 1.82) is 0 Å². The van der Waals surface area contributed by atoms with Gasteiger partial charge in [0.15, 0.2) is 0 Å². The fraction of sp³-hybridized carbons (Fsp3) is 0.500. The Balaban J connectivity index is 2.59. The molecule has 0 aliphatic rings. The molecule has 21 heavy (non-hydrogen) atoms. The van der Waals surface area contributed by atoms with E-state index in [0.29, 0.717) is 22.2 Å². The monoisotopic (exact) mass is 443 g/mol. The molecule has 0 saturated carbocycles. The Kier molecular flexibility index (Phi) is 7.58. The summed E-state index contributed by atoms with van der Waals surface area (Å²) < 4.78 is 33.4. The molecule has 0 unspecified atom stereocenters. The zero-order chi connectivity index (χ0) is 16.0. The number of nitrogens with zero attached hydrogens (tertiary/aromatic N) is 1. The van der Waals surface area contributed by atoms with E-state index in [4.69, 9.17) is 10.5 Å². The molecule has 6 nitrogen and oxygen atoms in total. The van der Waals surface area contributed by atoms with Gasteiger partial charge in [-0.15, -0.1) is 0 Å². The molecule has 0 saturated heterocycles. The van der Waals surface area contributed by atoms with Crippen LogP contribution in [-0.4, -0.2) is 53.7 Å². The smallest absolute Gasteiger partial charge is 0.243 e. The van der Waals surface area contributed by atoms with E-state index in [9.17, 15) is 8.42 Å². The topological polar surface area (TPSA) is 84.7 Å². The van der Waals surface area contributed by atoms with Crippen molar-refractivity contribution in [2.24, 2.45) is 0 Å². The second-order valence-corrected chi connectivity index (χ2v) is 8.09. The van der Waals surface area contributed by atoms with E-state index in [1.54, 1.807) is 12.1 Å². The fourth-order valence-electron chi connectivity index (χ4n) is 1.53. The van der Waals surface area contributed by atoms with E-state index in [1.165, 1.54) is 0 Å². The summed E-state index contributed by atoms with van der Waals surface area (Å²) in [5.41, 5.74) is 5.96. The lowest BCUT2D eigenvalue weighted by molar-refractivity contribution is 0.122. The van der Waals surface area contributed by atoms with Crippen LogP contribution >= 0.6 is 31.9 Å². The number of anilines is 1. The van der Waals surface area contributed by atoms with Crippen LogP contribution < -0.4 is 10.5 Å². The van der Waals surface area contributed by atoms with Crippen molar-refractivity contribution < 1.29 is 13.2 Å². The Labute approximate surface area is 142 Å². The van der Waals surface area contributed by atoms with Crippen LogP contribution in [0.25, 0.3) is 0 Å². The van der Waals surface area contributed by atoms with Gasteiger partial charge in [-0.05, 0) is 42.2 Å². The van der Waals surface area contributed by atoms with Gasteiger partial charge >= 0.3 is 0 Å². The lowest BCUT2D eigenvalue weighted by Gasteiger charge is -2.12. The summed E-state index contributed by atoms with van der Waals surface area (Å²) in [6, 6.07) is 3.19. The van der Waals surface area contributed by atoms with Crippen molar-refractivity contribution >= 4 is 47.6 Å². The highest BCUT2D eigenvalue weighted by molar-refractivity contribution is 9.11. The maximum atomic E-state index is 12.2. The molecule has 0 aromatic heterocycles. The molecule has 1 aromatic carbocycles. The fourth-order valence-corrected chi connectivity index (χ4v) is 4.61. The Morgan fingerprint density at radius 2 is 1.95 bits per heavy atom. The molecule has 0 atom stereocenters. The summed E-state index contributed by atoms with van der Waals surface area (Å²) in [7, 11) is 0.214. The van der Waals surface area contributed by atoms with Crippen molar-refractivity contribution in [3.63, 3.8) is 0 Å². The van der Waals surface area contributed by atoms with Crippen LogP contribution in [0.3, 0.4) is 0 Å². The number of nitrogen functional groups attached to an aromatic ring is 1. The van der Waals surface area contributed by atoms with Gasteiger partial charge in [-0.25, -0.2) is 13.1 Å². The molecular weight excluding hydrogens is 426 g/mol. The summed E-state index contributed by atoms with van der Waals surface area (Å²) in [5.74, 6) is 0. The maximum Gasteiger partial charge on any atom is 0.243 e. The van der Waals surface area contributed by atoms with Crippen LogP contribution in [0.4, 0.5) is 5.69 Å². The first kappa shape index (κ1) is 18.9. The highest BCUT2D eigenvalue weighted by Crippen LogP contribution is 2.31. The highest BCUT2D eigenvalue weighted by Gasteiger charge is 2.21. The molecule has 0 spiro atoms. The molecule has 9 heteroatoms. The van der Waals surface area contributed by atoms with Gasteiger partial charge in [0.2, 0.25) is 10.0 Å². The number of nitrogens with one attached hydrogen (secondary N) is 1. The number of rotatable bonds is 8. The van der Waals surface area contributed by atoms with E-state index in [-0.39, 0.29) is 17.1 Å². The van der Waals surface area contributed by atoms with E-state index in [2.05, 4.69) is 36.6 Å². The molecule has 0 aliphatic heterocycles. The van der Waals surface area contributed by atoms with Crippen LogP contribution in [0, 0.1) is 0 Å². The van der Waals surface area contributed by atoms with Crippen molar-refractivity contribution in [2.45, 2.75) is 4.90 Å². The lowest BCUT2D eigenvalue weighted by atomic mass is 10.3. The molecule has 0 bridgehead atoms. The Bertz CT molecular complexity index is 556. The number of benzene rings is 1. The van der Waals surface area contributed by atoms with Crippen molar-refractivity contribution in [2.75, 3.05) is 46.1 Å². The van der Waals surface area contributed by atoms with Gasteiger partial charge in [-0.1, -0.05) is 15.9 Å². The van der Waals surface area contributed by atoms with E-state index in [1.807, 2.05) is 19.0 Å². The second kappa shape index (κ2) is 8.44. The van der Waals surface area contributed by atoms with Gasteiger partial charge in [0.1, 0.15) is 4.90 Å². The summed E-state index contributed by atoms with van der Waals surface area (Å²) in [5, 5.41) is 0. The molecule has 0 amide bonds. The van der Waals surface area contributed by atoms with Gasteiger partial charge in [0, 0.05) is 22.0 Å². The van der Waals surface area contributed by atoms with E-state index >= 15 is 0 Å². The minimum atomic E-state index is -3.68. The maximum absolute atomic E-state index is 12.2. The number of hydrogen-bond acceptors (Lipinski definition) is 5. The number of nitrogens with two attached hydrogens (primary N) is 1. The number of hydrogen-bond donors (Lipinski definition) is 2. The Morgan fingerprint density at radius 3 is 2.52 bits per heavy atom. The third kappa shape index (κ3) is 6.21. The van der Waals surface area contributed by atoms with Crippen LogP contribution in [0.5, 0.6) is 0 Å². The Hall–Kier alpha value is -0.190. The van der Waals surface area contributed by atoms with Crippen molar-refractivity contribution in [3.8, 4) is 0 Å². The molecular formula is C12H19Br2N3O3S. The zero-order valence-corrected chi connectivity index (χ0v) is 15.9. The number of halogens is 2. The molecule has 1 aromatic rings. The second-order valence-electron chi connectivity index (χ2n) is 4.62. The van der Waals surface area contributed by atoms with Crippen LogP contribution in [0.15, 0.2) is 26.0 Å². The van der Waals surface area contributed by atoms with E-state index in [0.717, 1.165) is 6.54 Å². The first-order valence-electron chi connectivity index (χ1n) is 6.20. The number of ether oxygens (including phenoxy) is 1. The van der Waals surface area contributed by atoms with Gasteiger partial charge in [0.05, 0.1) is 18.9 Å². The predicted molar refractivity (Wildman–Crippen MR) is 90.8 cm³/mol. The lowest BCUT2D eigenvalue weighted by Crippen LogP contribution is -2.29. The first-order chi connectivity index (χ1) is 9.74. The average molecular weight is 445 g/mol. The summed E-state index contributed by atoms with van der Waals surface area (Å²) in [6.07, 6.45) is 0. The summed E-state index contributed by atoms with van der Waals surface area (Å²) in [4.78, 5) is 2.03. The molecule has 0 radical (unpaired) electrons. The van der Waals surface area contributed by atoms with Gasteiger partial charge in [0.25, 0.3) is 0 Å². The largest absolute Gasteiger partial charge is 0.398 e. The van der Waals surface area contributed by atoms with Crippen LogP contribution in [0.2, 0.25) is 0 Å². The zero-order valence-electron chi connectivity index (χ0n) is 11.9. The normalized spacial score (nSPS) is 12.0. The van der Waals surface area contributed by atoms with Gasteiger partial charge in [-0.2, -0.15) is 0 Å². The number of sulfonamides is 1. The molecule has 120 valence electrons. The first-order valence-corrected chi connectivity index (χ1v) is 9.27. The third-order valence-corrected chi connectivity index (χ3v) is 5.45. The van der Waals surface area contributed by atoms with E-state index < -0.39 is 10.0 Å². The van der Waals surface area contributed by atoms with Crippen molar-refractivity contribution in [3.05, 3.63) is 21.1 Å². The quantitative estimate of drug-likeness (QED) is 0.470. The third-order valence-electron chi connectivity index (χ3n) is 2.53. The minimum absolute atomic E-state index is 0.0407. The van der Waals surface area contributed by atoms with Crippen LogP contribution in [-0.2, 0) is 14.8 Å². The van der Waals surface area contributed by atoms with Crippen molar-refractivity contribution in [1.82, 2.24) is 9.62 Å². The highest BCUT2D eigenvalue weighted by atomic mass is 79.9. The SMILES string of the molecule is CN(C)CCOCCNS(=O)(=O)c1c(N)cc(Br)cc1Br. The predicted octanol–water partition coefficient (Wildman–Crippen LogP) is 1.65. The summed E-state index contributed by atoms with van der Waals surface area (Å²) >= 11 is 6.47. The average Bonchev–Trinajstić information content (AvgIpc) is 2.31. The number of likely N-dealkylation sites (N-methyl/N-ethyl adjacent to an activating group) is 1. The molecule has 0 aliphatic carbocycles. The summed E-state index contributed by atoms with van der Waals surface area (Å²) in [6.45, 7) is 1.84. The molecule has 1 rings (SSSR count). The minimum Gasteiger partial charge on any atom is -0.398 e. The Morgan fingerprint density at radius 1 is 1.29 bits per heavy atom. The molecule has 3 N–H and O–H groups in total. The molecule has 0 fully saturated rings. The van der Waals surface area contributed by atoms with Gasteiger partial charge < -0.3 is 15.4 Å². The van der Waals surface area contributed by atoms with Crippen LogP contribution in [0.1, 0.15) is 0 Å². The standard InChI is InChI=1S/C12H19Br2N3O3S/c1-17(2)4-6-20-5-3-16-21(18,19)12-10(14)7-9(13)8-11(12)15/h7-8,16H,3-6,15H2,1-2H3. The van der Waals surface area contributed by atoms with Gasteiger partial charge in [-0.3, -0.25) is 0 Å².